The van der Waals surface area contributed by atoms with E-state index in [0.717, 1.165) is 6.42 Å². The molecule has 1 unspecified atom stereocenters. The number of aldehydes is 1. The van der Waals surface area contributed by atoms with Crippen LogP contribution in [0.4, 0.5) is 4.79 Å². The molecule has 114 valence electrons. The minimum absolute atomic E-state index is 0.285. The summed E-state index contributed by atoms with van der Waals surface area (Å²) in [7, 11) is 0. The number of amides is 2. The van der Waals surface area contributed by atoms with E-state index in [1.807, 2.05) is 6.92 Å². The van der Waals surface area contributed by atoms with Gasteiger partial charge in [0.15, 0.2) is 0 Å². The molecule has 1 heterocycles. The molecule has 1 aliphatic heterocycles. The molecule has 6 nitrogen and oxygen atoms in total. The number of nitrogens with one attached hydrogen (secondary N) is 1. The Morgan fingerprint density at radius 1 is 1.45 bits per heavy atom. The van der Waals surface area contributed by atoms with Crippen molar-refractivity contribution >= 4 is 18.3 Å². The first kappa shape index (κ1) is 16.5. The molecule has 0 aromatic rings. The molecule has 0 aromatic heterocycles. The minimum atomic E-state index is -0.588. The molecule has 0 radical (unpaired) electrons. The highest BCUT2D eigenvalue weighted by molar-refractivity contribution is 5.88. The van der Waals surface area contributed by atoms with E-state index in [9.17, 15) is 14.4 Å². The molecule has 0 aliphatic carbocycles. The molecule has 0 aromatic carbocycles. The summed E-state index contributed by atoms with van der Waals surface area (Å²) >= 11 is 0. The average Bonchev–Trinajstić information content (AvgIpc) is 2.82. The van der Waals surface area contributed by atoms with Crippen molar-refractivity contribution in [3.63, 3.8) is 0 Å². The topological polar surface area (TPSA) is 75.7 Å². The number of carbonyl (C=O) groups excluding carboxylic acids is 3. The van der Waals surface area contributed by atoms with Crippen molar-refractivity contribution < 1.29 is 19.1 Å². The fourth-order valence-electron chi connectivity index (χ4n) is 2.09. The lowest BCUT2D eigenvalue weighted by atomic mass is 10.1. The smallest absolute Gasteiger partial charge is 0.410 e. The van der Waals surface area contributed by atoms with Gasteiger partial charge in [-0.1, -0.05) is 6.92 Å². The number of likely N-dealkylation sites (tertiary alicyclic amines) is 1. The zero-order chi connectivity index (χ0) is 15.3. The van der Waals surface area contributed by atoms with Gasteiger partial charge in [-0.2, -0.15) is 0 Å². The second kappa shape index (κ2) is 6.72. The van der Waals surface area contributed by atoms with E-state index in [-0.39, 0.29) is 5.91 Å². The molecule has 1 fully saturated rings. The normalized spacial score (nSPS) is 20.4. The second-order valence-electron chi connectivity index (χ2n) is 5.99. The third kappa shape index (κ3) is 4.51. The van der Waals surface area contributed by atoms with E-state index >= 15 is 0 Å². The second-order valence-corrected chi connectivity index (χ2v) is 5.99. The summed E-state index contributed by atoms with van der Waals surface area (Å²) in [5.41, 5.74) is -0.588. The number of hydrogen-bond acceptors (Lipinski definition) is 4. The van der Waals surface area contributed by atoms with Gasteiger partial charge in [-0.25, -0.2) is 4.79 Å². The first-order chi connectivity index (χ1) is 9.28. The Bertz CT molecular complexity index is 376. The predicted molar refractivity (Wildman–Crippen MR) is 74.2 cm³/mol. The molecule has 6 heteroatoms. The molecular formula is C14H24N2O4. The van der Waals surface area contributed by atoms with E-state index in [1.54, 1.807) is 20.8 Å². The molecule has 0 spiro atoms. The van der Waals surface area contributed by atoms with Gasteiger partial charge in [0, 0.05) is 6.54 Å². The van der Waals surface area contributed by atoms with Gasteiger partial charge in [-0.15, -0.1) is 0 Å². The van der Waals surface area contributed by atoms with Gasteiger partial charge >= 0.3 is 6.09 Å². The van der Waals surface area contributed by atoms with Crippen LogP contribution in [0.1, 0.15) is 47.0 Å². The van der Waals surface area contributed by atoms with Crippen molar-refractivity contribution in [3.8, 4) is 0 Å². The number of ether oxygens (including phenoxy) is 1. The fourth-order valence-corrected chi connectivity index (χ4v) is 2.09. The standard InChI is InChI=1S/C14H24N2O4/c1-5-10(9-17)15-12(18)11-7-6-8-16(11)13(19)20-14(2,3)4/h9-11H,5-8H2,1-4H3,(H,15,18)/t10?,11-/m0/s1. The first-order valence-corrected chi connectivity index (χ1v) is 7.03. The van der Waals surface area contributed by atoms with Crippen LogP contribution in [0.15, 0.2) is 0 Å². The van der Waals surface area contributed by atoms with Gasteiger partial charge in [0.25, 0.3) is 0 Å². The SMILES string of the molecule is CCC(C=O)NC(=O)[C@@H]1CCCN1C(=O)OC(C)(C)C. The summed E-state index contributed by atoms with van der Waals surface area (Å²) in [6.07, 6.45) is 2.13. The molecule has 20 heavy (non-hydrogen) atoms. The Hall–Kier alpha value is -1.59. The summed E-state index contributed by atoms with van der Waals surface area (Å²) in [4.78, 5) is 36.4. The van der Waals surface area contributed by atoms with Crippen LogP contribution in [0.25, 0.3) is 0 Å². The van der Waals surface area contributed by atoms with Crippen molar-refractivity contribution in [2.45, 2.75) is 64.6 Å². The van der Waals surface area contributed by atoms with Crippen LogP contribution in [0.3, 0.4) is 0 Å². The summed E-state index contributed by atoms with van der Waals surface area (Å²) < 4.78 is 5.30. The fraction of sp³-hybridized carbons (Fsp3) is 0.786. The maximum atomic E-state index is 12.1. The van der Waals surface area contributed by atoms with E-state index in [4.69, 9.17) is 4.74 Å². The zero-order valence-electron chi connectivity index (χ0n) is 12.6. The Kier molecular flexibility index (Phi) is 5.53. The van der Waals surface area contributed by atoms with Crippen LogP contribution in [0, 0.1) is 0 Å². The van der Waals surface area contributed by atoms with E-state index in [0.29, 0.717) is 25.7 Å². The van der Waals surface area contributed by atoms with Crippen molar-refractivity contribution in [3.05, 3.63) is 0 Å². The van der Waals surface area contributed by atoms with Crippen molar-refractivity contribution in [2.24, 2.45) is 0 Å². The maximum Gasteiger partial charge on any atom is 0.410 e. The van der Waals surface area contributed by atoms with Crippen LogP contribution in [0.2, 0.25) is 0 Å². The number of carbonyl (C=O) groups is 3. The molecule has 1 N–H and O–H groups in total. The number of hydrogen-bond donors (Lipinski definition) is 1. The summed E-state index contributed by atoms with van der Waals surface area (Å²) in [5.74, 6) is -0.285. The maximum absolute atomic E-state index is 12.1. The van der Waals surface area contributed by atoms with Crippen LogP contribution < -0.4 is 5.32 Å². The van der Waals surface area contributed by atoms with Gasteiger partial charge in [0.1, 0.15) is 17.9 Å². The van der Waals surface area contributed by atoms with Gasteiger partial charge < -0.3 is 14.8 Å². The lowest BCUT2D eigenvalue weighted by Gasteiger charge is -2.28. The van der Waals surface area contributed by atoms with E-state index in [2.05, 4.69) is 5.32 Å². The van der Waals surface area contributed by atoms with E-state index in [1.165, 1.54) is 4.90 Å². The predicted octanol–water partition coefficient (Wildman–Crippen LogP) is 1.48. The molecular weight excluding hydrogens is 260 g/mol. The molecule has 2 amide bonds. The molecule has 1 aliphatic rings. The highest BCUT2D eigenvalue weighted by Gasteiger charge is 2.36. The Balaban J connectivity index is 2.67. The lowest BCUT2D eigenvalue weighted by molar-refractivity contribution is -0.127. The first-order valence-electron chi connectivity index (χ1n) is 7.03. The molecule has 0 saturated carbocycles. The Morgan fingerprint density at radius 2 is 2.10 bits per heavy atom. The monoisotopic (exact) mass is 284 g/mol. The molecule has 0 bridgehead atoms. The highest BCUT2D eigenvalue weighted by Crippen LogP contribution is 2.21. The average molecular weight is 284 g/mol. The Morgan fingerprint density at radius 3 is 2.60 bits per heavy atom. The van der Waals surface area contributed by atoms with Crippen molar-refractivity contribution in [1.82, 2.24) is 10.2 Å². The van der Waals surface area contributed by atoms with Crippen LogP contribution in [0.5, 0.6) is 0 Å². The molecule has 2 atom stereocenters. The van der Waals surface area contributed by atoms with Gasteiger partial charge in [0.05, 0.1) is 6.04 Å². The van der Waals surface area contributed by atoms with E-state index < -0.39 is 23.8 Å². The van der Waals surface area contributed by atoms with Gasteiger partial charge in [-0.05, 0) is 40.0 Å². The number of rotatable bonds is 4. The third-order valence-electron chi connectivity index (χ3n) is 3.12. The van der Waals surface area contributed by atoms with Crippen molar-refractivity contribution in [1.29, 1.82) is 0 Å². The van der Waals surface area contributed by atoms with Crippen LogP contribution in [-0.4, -0.2) is 47.4 Å². The largest absolute Gasteiger partial charge is 0.444 e. The van der Waals surface area contributed by atoms with Gasteiger partial charge in [-0.3, -0.25) is 9.69 Å². The quantitative estimate of drug-likeness (QED) is 0.793. The number of nitrogens with zero attached hydrogens (tertiary/aromatic N) is 1. The Labute approximate surface area is 119 Å². The molecule has 1 rings (SSSR count). The highest BCUT2D eigenvalue weighted by atomic mass is 16.6. The third-order valence-corrected chi connectivity index (χ3v) is 3.12. The minimum Gasteiger partial charge on any atom is -0.444 e. The van der Waals surface area contributed by atoms with Crippen LogP contribution in [-0.2, 0) is 14.3 Å². The van der Waals surface area contributed by atoms with Crippen LogP contribution >= 0.6 is 0 Å². The summed E-state index contributed by atoms with van der Waals surface area (Å²) in [5, 5.41) is 2.65. The summed E-state index contributed by atoms with van der Waals surface area (Å²) in [6, 6.07) is -1.04. The van der Waals surface area contributed by atoms with Gasteiger partial charge in [0.2, 0.25) is 5.91 Å². The summed E-state index contributed by atoms with van der Waals surface area (Å²) in [6.45, 7) is 7.69. The van der Waals surface area contributed by atoms with Crippen molar-refractivity contribution in [2.75, 3.05) is 6.54 Å². The molecule has 1 saturated heterocycles. The lowest BCUT2D eigenvalue weighted by Crippen LogP contribution is -2.50. The zero-order valence-corrected chi connectivity index (χ0v) is 12.6.